The molecule has 0 radical (unpaired) electrons. The molecule has 2 fully saturated rings. The number of ether oxygens (including phenoxy) is 2. The molecule has 1 aromatic heterocycles. The third kappa shape index (κ3) is 4.49. The number of aromatic nitrogens is 1. The quantitative estimate of drug-likeness (QED) is 0.721. The molecule has 1 aromatic rings. The zero-order valence-corrected chi connectivity index (χ0v) is 12.5. The molecule has 2 aliphatic carbocycles. The molecule has 0 saturated heterocycles. The number of nitrogens with two attached hydrogens (primary N) is 1. The van der Waals surface area contributed by atoms with Crippen molar-refractivity contribution in [3.63, 3.8) is 0 Å². The smallest absolute Gasteiger partial charge is 0.239 e. The monoisotopic (exact) mass is 291 g/mol. The summed E-state index contributed by atoms with van der Waals surface area (Å²) in [4.78, 5) is 4.43. The molecule has 5 nitrogen and oxygen atoms in total. The lowest BCUT2D eigenvalue weighted by atomic mass is 10.3. The number of hydrogen-bond donors (Lipinski definition) is 2. The van der Waals surface area contributed by atoms with Gasteiger partial charge in [0.1, 0.15) is 5.82 Å². The minimum atomic E-state index is 0.462. The van der Waals surface area contributed by atoms with Crippen LogP contribution in [0.1, 0.15) is 38.5 Å². The van der Waals surface area contributed by atoms with Crippen molar-refractivity contribution in [3.8, 4) is 5.88 Å². The zero-order chi connectivity index (χ0) is 14.5. The Morgan fingerprint density at radius 3 is 2.76 bits per heavy atom. The Hall–Kier alpha value is -1.49. The summed E-state index contributed by atoms with van der Waals surface area (Å²) >= 11 is 0. The first-order chi connectivity index (χ1) is 10.3. The van der Waals surface area contributed by atoms with Gasteiger partial charge in [-0.2, -0.15) is 4.98 Å². The van der Waals surface area contributed by atoms with Crippen LogP contribution in [0.4, 0.5) is 11.5 Å². The fraction of sp³-hybridized carbons (Fsp3) is 0.688. The second-order valence-corrected chi connectivity index (χ2v) is 6.05. The summed E-state index contributed by atoms with van der Waals surface area (Å²) in [6.07, 6.45) is 8.01. The van der Waals surface area contributed by atoms with Crippen LogP contribution in [0.2, 0.25) is 0 Å². The van der Waals surface area contributed by atoms with Crippen LogP contribution in [0.5, 0.6) is 5.88 Å². The highest BCUT2D eigenvalue weighted by atomic mass is 16.5. The lowest BCUT2D eigenvalue weighted by Crippen LogP contribution is -2.16. The summed E-state index contributed by atoms with van der Waals surface area (Å²) in [6, 6.07) is 3.73. The topological polar surface area (TPSA) is 69.4 Å². The van der Waals surface area contributed by atoms with E-state index in [2.05, 4.69) is 10.3 Å². The SMILES string of the molecule is Nc1ccc(NCCOC2CCCC2)nc1OCC1CC1. The number of rotatable bonds is 8. The van der Waals surface area contributed by atoms with Gasteiger partial charge in [-0.15, -0.1) is 0 Å². The Balaban J connectivity index is 1.42. The fourth-order valence-corrected chi connectivity index (χ4v) is 2.61. The highest BCUT2D eigenvalue weighted by Gasteiger charge is 2.22. The van der Waals surface area contributed by atoms with Crippen LogP contribution in [-0.4, -0.2) is 30.8 Å². The highest BCUT2D eigenvalue weighted by Crippen LogP contribution is 2.30. The van der Waals surface area contributed by atoms with Gasteiger partial charge in [-0.05, 0) is 43.7 Å². The normalized spacial score (nSPS) is 18.9. The van der Waals surface area contributed by atoms with Crippen molar-refractivity contribution >= 4 is 11.5 Å². The van der Waals surface area contributed by atoms with Crippen LogP contribution in [0.15, 0.2) is 12.1 Å². The Labute approximate surface area is 126 Å². The average molecular weight is 291 g/mol. The van der Waals surface area contributed by atoms with Crippen molar-refractivity contribution in [1.29, 1.82) is 0 Å². The molecule has 0 spiro atoms. The number of hydrogen-bond acceptors (Lipinski definition) is 5. The van der Waals surface area contributed by atoms with Crippen molar-refractivity contribution in [3.05, 3.63) is 12.1 Å². The largest absolute Gasteiger partial charge is 0.476 e. The molecule has 1 heterocycles. The first-order valence-corrected chi connectivity index (χ1v) is 8.06. The van der Waals surface area contributed by atoms with Crippen LogP contribution in [0.3, 0.4) is 0 Å². The van der Waals surface area contributed by atoms with Gasteiger partial charge in [0, 0.05) is 6.54 Å². The maximum absolute atomic E-state index is 5.89. The first kappa shape index (κ1) is 14.4. The van der Waals surface area contributed by atoms with E-state index in [0.717, 1.165) is 25.6 Å². The summed E-state index contributed by atoms with van der Waals surface area (Å²) in [5, 5.41) is 3.27. The van der Waals surface area contributed by atoms with Gasteiger partial charge < -0.3 is 20.5 Å². The van der Waals surface area contributed by atoms with Crippen LogP contribution in [0.25, 0.3) is 0 Å². The lowest BCUT2D eigenvalue weighted by molar-refractivity contribution is 0.0658. The molecule has 5 heteroatoms. The third-order valence-corrected chi connectivity index (χ3v) is 4.11. The van der Waals surface area contributed by atoms with E-state index in [-0.39, 0.29) is 0 Å². The number of nitrogens with zero attached hydrogens (tertiary/aromatic N) is 1. The molecule has 0 aliphatic heterocycles. The fourth-order valence-electron chi connectivity index (χ4n) is 2.61. The third-order valence-electron chi connectivity index (χ3n) is 4.11. The van der Waals surface area contributed by atoms with Crippen molar-refractivity contribution in [2.24, 2.45) is 5.92 Å². The van der Waals surface area contributed by atoms with E-state index in [1.807, 2.05) is 12.1 Å². The number of nitrogen functional groups attached to an aromatic ring is 1. The highest BCUT2D eigenvalue weighted by molar-refractivity contribution is 5.53. The first-order valence-electron chi connectivity index (χ1n) is 8.06. The van der Waals surface area contributed by atoms with Crippen molar-refractivity contribution < 1.29 is 9.47 Å². The van der Waals surface area contributed by atoms with Crippen LogP contribution < -0.4 is 15.8 Å². The molecule has 21 heavy (non-hydrogen) atoms. The summed E-state index contributed by atoms with van der Waals surface area (Å²) < 4.78 is 11.5. The maximum atomic E-state index is 5.89. The summed E-state index contributed by atoms with van der Waals surface area (Å²) in [5.41, 5.74) is 6.49. The van der Waals surface area contributed by atoms with Gasteiger partial charge in [0.25, 0.3) is 0 Å². The molecule has 0 atom stereocenters. The minimum absolute atomic E-state index is 0.462. The second kappa shape index (κ2) is 6.98. The Bertz CT molecular complexity index is 457. The van der Waals surface area contributed by atoms with E-state index in [9.17, 15) is 0 Å². The molecule has 116 valence electrons. The van der Waals surface area contributed by atoms with E-state index >= 15 is 0 Å². The molecule has 0 aromatic carbocycles. The molecule has 2 aliphatic rings. The van der Waals surface area contributed by atoms with Crippen LogP contribution in [0, 0.1) is 5.92 Å². The molecule has 3 rings (SSSR count). The standard InChI is InChI=1S/C16H25N3O2/c17-14-7-8-15(19-16(14)21-11-12-5-6-12)18-9-10-20-13-3-1-2-4-13/h7-8,12-13H,1-6,9-11,17H2,(H,18,19). The van der Waals surface area contributed by atoms with Gasteiger partial charge in [0.05, 0.1) is 25.0 Å². The van der Waals surface area contributed by atoms with E-state index in [1.54, 1.807) is 0 Å². The van der Waals surface area contributed by atoms with Crippen LogP contribution in [-0.2, 0) is 4.74 Å². The molecule has 0 bridgehead atoms. The van der Waals surface area contributed by atoms with E-state index in [0.29, 0.717) is 23.6 Å². The van der Waals surface area contributed by atoms with E-state index in [1.165, 1.54) is 38.5 Å². The second-order valence-electron chi connectivity index (χ2n) is 6.05. The lowest BCUT2D eigenvalue weighted by Gasteiger charge is -2.13. The minimum Gasteiger partial charge on any atom is -0.476 e. The van der Waals surface area contributed by atoms with Gasteiger partial charge in [0.2, 0.25) is 5.88 Å². The zero-order valence-electron chi connectivity index (χ0n) is 12.5. The number of nitrogens with one attached hydrogen (secondary N) is 1. The number of anilines is 2. The van der Waals surface area contributed by atoms with Gasteiger partial charge in [-0.3, -0.25) is 0 Å². The molecule has 2 saturated carbocycles. The van der Waals surface area contributed by atoms with Crippen molar-refractivity contribution in [1.82, 2.24) is 4.98 Å². The Morgan fingerprint density at radius 2 is 2.00 bits per heavy atom. The number of pyridine rings is 1. The average Bonchev–Trinajstić information content (AvgIpc) is 3.18. The molecular formula is C16H25N3O2. The van der Waals surface area contributed by atoms with Crippen LogP contribution >= 0.6 is 0 Å². The predicted octanol–water partition coefficient (Wildman–Crippen LogP) is 2.82. The van der Waals surface area contributed by atoms with Gasteiger partial charge in [-0.1, -0.05) is 12.8 Å². The molecule has 0 amide bonds. The van der Waals surface area contributed by atoms with Gasteiger partial charge in [0.15, 0.2) is 0 Å². The van der Waals surface area contributed by atoms with Gasteiger partial charge >= 0.3 is 0 Å². The van der Waals surface area contributed by atoms with E-state index in [4.69, 9.17) is 15.2 Å². The maximum Gasteiger partial charge on any atom is 0.239 e. The molecule has 3 N–H and O–H groups in total. The predicted molar refractivity (Wildman–Crippen MR) is 83.6 cm³/mol. The van der Waals surface area contributed by atoms with Crippen molar-refractivity contribution in [2.45, 2.75) is 44.6 Å². The summed E-state index contributed by atoms with van der Waals surface area (Å²) in [5.74, 6) is 2.04. The summed E-state index contributed by atoms with van der Waals surface area (Å²) in [7, 11) is 0. The molecular weight excluding hydrogens is 266 g/mol. The Kier molecular flexibility index (Phi) is 4.80. The molecule has 0 unspecified atom stereocenters. The van der Waals surface area contributed by atoms with Crippen molar-refractivity contribution in [2.75, 3.05) is 30.8 Å². The van der Waals surface area contributed by atoms with Gasteiger partial charge in [-0.25, -0.2) is 0 Å². The summed E-state index contributed by atoms with van der Waals surface area (Å²) in [6.45, 7) is 2.20. The van der Waals surface area contributed by atoms with E-state index < -0.39 is 0 Å². The Morgan fingerprint density at radius 1 is 1.19 bits per heavy atom.